The van der Waals surface area contributed by atoms with Gasteiger partial charge in [-0.3, -0.25) is 0 Å². The van der Waals surface area contributed by atoms with Crippen molar-refractivity contribution < 1.29 is 0 Å². The maximum Gasteiger partial charge on any atom is 0.00401 e. The van der Waals surface area contributed by atoms with Gasteiger partial charge in [-0.15, -0.1) is 25.3 Å². The van der Waals surface area contributed by atoms with Gasteiger partial charge in [0, 0.05) is 9.79 Å². The van der Waals surface area contributed by atoms with Crippen molar-refractivity contribution in [1.29, 1.82) is 0 Å². The fraction of sp³-hybridized carbons (Fsp3) is 0.280. The lowest BCUT2D eigenvalue weighted by atomic mass is 10.2. The van der Waals surface area contributed by atoms with Crippen LogP contribution >= 0.6 is 25.3 Å². The van der Waals surface area contributed by atoms with Gasteiger partial charge in [0.2, 0.25) is 0 Å². The standard InChI is InChI=1S/C7H8S.C6H6S.C6H6.C4H10.C2H6/c1-6-2-4-7(8)5-3-6;7-6-4-2-1-3-5-6;1-2-4-6-5-3-1;1-4(2)3;1-2/h2-5,8H,1H3;1-5,7H;1-6H;4H,1-3H3;1-2H3. The molecule has 148 valence electrons. The van der Waals surface area contributed by atoms with Crippen LogP contribution in [-0.2, 0) is 0 Å². The largest absolute Gasteiger partial charge is 0.143 e. The van der Waals surface area contributed by atoms with E-state index >= 15 is 0 Å². The number of hydrogen-bond donors (Lipinski definition) is 2. The second kappa shape index (κ2) is 20.7. The van der Waals surface area contributed by atoms with Crippen LogP contribution in [0.25, 0.3) is 0 Å². The topological polar surface area (TPSA) is 0 Å². The van der Waals surface area contributed by atoms with Gasteiger partial charge in [-0.05, 0) is 37.1 Å². The highest BCUT2D eigenvalue weighted by atomic mass is 32.1. The second-order valence-corrected chi connectivity index (χ2v) is 7.09. The van der Waals surface area contributed by atoms with Gasteiger partial charge < -0.3 is 0 Å². The van der Waals surface area contributed by atoms with Crippen molar-refractivity contribution in [1.82, 2.24) is 0 Å². The monoisotopic (exact) mass is 400 g/mol. The molecule has 0 amide bonds. The molecule has 3 aromatic rings. The van der Waals surface area contributed by atoms with E-state index in [4.69, 9.17) is 0 Å². The highest BCUT2D eigenvalue weighted by molar-refractivity contribution is 7.80. The van der Waals surface area contributed by atoms with E-state index in [0.717, 1.165) is 15.7 Å². The third-order valence-electron chi connectivity index (χ3n) is 2.46. The molecule has 2 heteroatoms. The van der Waals surface area contributed by atoms with Crippen molar-refractivity contribution in [3.63, 3.8) is 0 Å². The summed E-state index contributed by atoms with van der Waals surface area (Å²) in [5, 5.41) is 0. The molecule has 0 N–H and O–H groups in total. The molecular weight excluding hydrogens is 364 g/mol. The molecule has 0 aliphatic rings. The predicted molar refractivity (Wildman–Crippen MR) is 130 cm³/mol. The van der Waals surface area contributed by atoms with E-state index in [9.17, 15) is 0 Å². The molecule has 0 aliphatic carbocycles. The third kappa shape index (κ3) is 24.4. The summed E-state index contributed by atoms with van der Waals surface area (Å²) in [4.78, 5) is 2.04. The Morgan fingerprint density at radius 3 is 1.00 bits per heavy atom. The van der Waals surface area contributed by atoms with Crippen molar-refractivity contribution in [2.45, 2.75) is 51.3 Å². The Morgan fingerprint density at radius 1 is 0.519 bits per heavy atom. The molecule has 3 aromatic carbocycles. The van der Waals surface area contributed by atoms with Crippen molar-refractivity contribution in [3.8, 4) is 0 Å². The summed E-state index contributed by atoms with van der Waals surface area (Å²) in [7, 11) is 0. The molecule has 0 spiro atoms. The molecular formula is C25H36S2. The summed E-state index contributed by atoms with van der Waals surface area (Å²) >= 11 is 8.22. The molecule has 0 unspecified atom stereocenters. The van der Waals surface area contributed by atoms with Gasteiger partial charge in [-0.2, -0.15) is 0 Å². The number of rotatable bonds is 0. The van der Waals surface area contributed by atoms with E-state index in [2.05, 4.69) is 53.0 Å². The average Bonchev–Trinajstić information content (AvgIpc) is 2.68. The Bertz CT molecular complexity index is 567. The molecule has 3 rings (SSSR count). The molecule has 0 radical (unpaired) electrons. The summed E-state index contributed by atoms with van der Waals surface area (Å²) in [6, 6.07) is 29.8. The van der Waals surface area contributed by atoms with Gasteiger partial charge in [-0.25, -0.2) is 0 Å². The number of aryl methyl sites for hydroxylation is 1. The molecule has 0 atom stereocenters. The van der Waals surface area contributed by atoms with Crippen LogP contribution in [0.1, 0.15) is 40.2 Å². The van der Waals surface area contributed by atoms with E-state index in [1.165, 1.54) is 5.56 Å². The zero-order valence-corrected chi connectivity index (χ0v) is 19.4. The minimum atomic E-state index is 0.833. The molecule has 0 heterocycles. The molecule has 0 fully saturated rings. The summed E-state index contributed by atoms with van der Waals surface area (Å²) in [6.45, 7) is 12.6. The van der Waals surface area contributed by atoms with E-state index in [-0.39, 0.29) is 0 Å². The van der Waals surface area contributed by atoms with Crippen LogP contribution in [0.5, 0.6) is 0 Å². The Balaban J connectivity index is 0. The fourth-order valence-electron chi connectivity index (χ4n) is 1.36. The predicted octanol–water partition coefficient (Wildman–Crippen LogP) is 8.63. The molecule has 0 aromatic heterocycles. The van der Waals surface area contributed by atoms with Crippen LogP contribution in [0.15, 0.2) is 101 Å². The SMILES string of the molecule is CC.CC(C)C.Cc1ccc(S)cc1.Sc1ccccc1.c1ccccc1. The molecule has 0 bridgehead atoms. The zero-order chi connectivity index (χ0) is 20.9. The number of hydrogen-bond acceptors (Lipinski definition) is 2. The Morgan fingerprint density at radius 2 is 0.778 bits per heavy atom. The van der Waals surface area contributed by atoms with Crippen LogP contribution in [0.2, 0.25) is 0 Å². The Labute approximate surface area is 178 Å². The van der Waals surface area contributed by atoms with Crippen LogP contribution in [0, 0.1) is 12.8 Å². The van der Waals surface area contributed by atoms with E-state index in [1.54, 1.807) is 0 Å². The quantitative estimate of drug-likeness (QED) is 0.347. The van der Waals surface area contributed by atoms with Crippen LogP contribution < -0.4 is 0 Å². The summed E-state index contributed by atoms with van der Waals surface area (Å²) < 4.78 is 0. The number of benzene rings is 3. The van der Waals surface area contributed by atoms with Gasteiger partial charge in [-0.1, -0.05) is 107 Å². The highest BCUT2D eigenvalue weighted by Crippen LogP contribution is 2.05. The van der Waals surface area contributed by atoms with Gasteiger partial charge in [0.1, 0.15) is 0 Å². The van der Waals surface area contributed by atoms with Gasteiger partial charge in [0.25, 0.3) is 0 Å². The molecule has 0 saturated heterocycles. The number of thiol groups is 2. The van der Waals surface area contributed by atoms with Gasteiger partial charge in [0.15, 0.2) is 0 Å². The summed E-state index contributed by atoms with van der Waals surface area (Å²) in [6.07, 6.45) is 0. The summed E-state index contributed by atoms with van der Waals surface area (Å²) in [5.74, 6) is 0.833. The Hall–Kier alpha value is -1.64. The fourth-order valence-corrected chi connectivity index (χ4v) is 1.68. The normalized spacial score (nSPS) is 8.33. The molecule has 0 saturated carbocycles. The van der Waals surface area contributed by atoms with E-state index < -0.39 is 0 Å². The van der Waals surface area contributed by atoms with Crippen molar-refractivity contribution >= 4 is 25.3 Å². The van der Waals surface area contributed by atoms with Crippen molar-refractivity contribution in [2.24, 2.45) is 5.92 Å². The smallest absolute Gasteiger partial charge is 0.00401 e. The first-order valence-corrected chi connectivity index (χ1v) is 10.3. The lowest BCUT2D eigenvalue weighted by Gasteiger charge is -1.89. The third-order valence-corrected chi connectivity index (χ3v) is 3.05. The maximum absolute atomic E-state index is 4.13. The van der Waals surface area contributed by atoms with Gasteiger partial charge >= 0.3 is 0 Å². The van der Waals surface area contributed by atoms with E-state index in [1.807, 2.05) is 105 Å². The van der Waals surface area contributed by atoms with Crippen molar-refractivity contribution in [3.05, 3.63) is 96.6 Å². The van der Waals surface area contributed by atoms with E-state index in [0.29, 0.717) is 0 Å². The molecule has 27 heavy (non-hydrogen) atoms. The lowest BCUT2D eigenvalue weighted by Crippen LogP contribution is -1.67. The zero-order valence-electron chi connectivity index (χ0n) is 17.6. The first-order valence-electron chi connectivity index (χ1n) is 9.41. The molecule has 0 nitrogen and oxygen atoms in total. The van der Waals surface area contributed by atoms with Crippen LogP contribution in [-0.4, -0.2) is 0 Å². The summed E-state index contributed by atoms with van der Waals surface area (Å²) in [5.41, 5.74) is 1.28. The first kappa shape index (κ1) is 27.6. The minimum absolute atomic E-state index is 0.833. The lowest BCUT2D eigenvalue weighted by molar-refractivity contribution is 0.737. The first-order chi connectivity index (χ1) is 12.9. The maximum atomic E-state index is 4.13. The minimum Gasteiger partial charge on any atom is -0.143 e. The second-order valence-electron chi connectivity index (χ2n) is 6.06. The highest BCUT2D eigenvalue weighted by Gasteiger charge is 1.80. The Kier molecular flexibility index (Phi) is 21.1. The average molecular weight is 401 g/mol. The van der Waals surface area contributed by atoms with Crippen LogP contribution in [0.4, 0.5) is 0 Å². The molecule has 0 aliphatic heterocycles. The van der Waals surface area contributed by atoms with Crippen LogP contribution in [0.3, 0.4) is 0 Å². The van der Waals surface area contributed by atoms with Gasteiger partial charge in [0.05, 0.1) is 0 Å². The van der Waals surface area contributed by atoms with Crippen molar-refractivity contribution in [2.75, 3.05) is 0 Å².